The van der Waals surface area contributed by atoms with Gasteiger partial charge < -0.3 is 9.64 Å². The van der Waals surface area contributed by atoms with Gasteiger partial charge in [0.15, 0.2) is 5.13 Å². The van der Waals surface area contributed by atoms with E-state index in [2.05, 4.69) is 0 Å². The Labute approximate surface area is 233 Å². The summed E-state index contributed by atoms with van der Waals surface area (Å²) in [5.74, 6) is -0.209. The third-order valence-corrected chi connectivity index (χ3v) is 9.62. The topological polar surface area (TPSA) is 83.1 Å². The summed E-state index contributed by atoms with van der Waals surface area (Å²) >= 11 is 3.11. The van der Waals surface area contributed by atoms with Gasteiger partial charge in [-0.05, 0) is 70.6 Å². The highest BCUT2D eigenvalue weighted by molar-refractivity contribution is 7.98. The van der Waals surface area contributed by atoms with Gasteiger partial charge in [-0.3, -0.25) is 9.69 Å². The number of thioether (sulfide) groups is 1. The Morgan fingerprint density at radius 2 is 1.76 bits per heavy atom. The lowest BCUT2D eigenvalue weighted by molar-refractivity contribution is -0.0440. The second-order valence-electron chi connectivity index (χ2n) is 9.17. The average molecular weight is 585 g/mol. The smallest absolute Gasteiger partial charge is 0.260 e. The maximum atomic E-state index is 13.6. The minimum atomic E-state index is -3.68. The van der Waals surface area contributed by atoms with Crippen molar-refractivity contribution >= 4 is 66.8 Å². The summed E-state index contributed by atoms with van der Waals surface area (Å²) in [6.07, 6.45) is 1.67. The number of hydrogen-bond donors (Lipinski definition) is 0. The summed E-state index contributed by atoms with van der Waals surface area (Å²) in [5.41, 5.74) is 1.31. The van der Waals surface area contributed by atoms with E-state index < -0.39 is 10.0 Å². The number of aromatic nitrogens is 1. The number of nitrogens with zero attached hydrogens (tertiary/aromatic N) is 4. The third kappa shape index (κ3) is 6.65. The number of sulfonamides is 1. The Morgan fingerprint density at radius 1 is 1.11 bits per heavy atom. The quantitative estimate of drug-likeness (QED) is 0.362. The number of ether oxygens (including phenoxy) is 1. The Hall–Kier alpha value is -1.73. The first kappa shape index (κ1) is 29.8. The monoisotopic (exact) mass is 584 g/mol. The zero-order valence-electron chi connectivity index (χ0n) is 21.6. The molecule has 12 heteroatoms. The van der Waals surface area contributed by atoms with Crippen LogP contribution in [-0.4, -0.2) is 87.3 Å². The largest absolute Gasteiger partial charge is 0.373 e. The molecule has 2 heterocycles. The van der Waals surface area contributed by atoms with Crippen LogP contribution in [0.1, 0.15) is 24.2 Å². The Kier molecular flexibility index (Phi) is 10.0. The molecule has 0 radical (unpaired) electrons. The molecule has 0 bridgehead atoms. The van der Waals surface area contributed by atoms with Crippen LogP contribution in [0.3, 0.4) is 0 Å². The normalized spacial score (nSPS) is 18.6. The van der Waals surface area contributed by atoms with Crippen molar-refractivity contribution in [2.24, 2.45) is 0 Å². The molecule has 2 aromatic carbocycles. The van der Waals surface area contributed by atoms with E-state index in [0.29, 0.717) is 36.9 Å². The zero-order valence-corrected chi connectivity index (χ0v) is 24.8. The molecule has 1 amide bonds. The van der Waals surface area contributed by atoms with Crippen LogP contribution in [0.2, 0.25) is 0 Å². The van der Waals surface area contributed by atoms with Gasteiger partial charge in [0.05, 0.1) is 27.3 Å². The Bertz CT molecular complexity index is 1320. The fraction of sp³-hybridized carbons (Fsp3) is 0.440. The highest BCUT2D eigenvalue weighted by atomic mass is 35.5. The zero-order chi connectivity index (χ0) is 26.0. The predicted octanol–water partition coefficient (Wildman–Crippen LogP) is 4.45. The van der Waals surface area contributed by atoms with Crippen LogP contribution in [-0.2, 0) is 14.8 Å². The lowest BCUT2D eigenvalue weighted by Crippen LogP contribution is -2.48. The van der Waals surface area contributed by atoms with E-state index in [1.807, 2.05) is 57.3 Å². The number of para-hydroxylation sites is 1. The Balaban J connectivity index is 0.00000380. The van der Waals surface area contributed by atoms with E-state index in [4.69, 9.17) is 9.72 Å². The molecule has 2 atom stereocenters. The van der Waals surface area contributed by atoms with Crippen LogP contribution >= 0.6 is 35.5 Å². The molecule has 4 rings (SSSR count). The molecule has 8 nitrogen and oxygen atoms in total. The molecule has 1 aliphatic rings. The second-order valence-corrected chi connectivity index (χ2v) is 13.0. The molecule has 202 valence electrons. The van der Waals surface area contributed by atoms with Gasteiger partial charge in [0, 0.05) is 36.6 Å². The molecule has 37 heavy (non-hydrogen) atoms. The number of morpholine rings is 1. The molecular formula is C25H33ClN4O4S3. The summed E-state index contributed by atoms with van der Waals surface area (Å²) in [4.78, 5) is 23.4. The number of anilines is 1. The fourth-order valence-electron chi connectivity index (χ4n) is 4.18. The molecule has 2 unspecified atom stereocenters. The SMILES string of the molecule is CSc1cccc2sc(N(CCN(C)C)C(=O)c3ccc(S(=O)(=O)N4CC(C)OC(C)C4)cc3)nc12.Cl. The maximum absolute atomic E-state index is 13.6. The first-order valence-electron chi connectivity index (χ1n) is 11.8. The lowest BCUT2D eigenvalue weighted by atomic mass is 10.2. The summed E-state index contributed by atoms with van der Waals surface area (Å²) in [6.45, 7) is 5.47. The molecule has 1 saturated heterocycles. The number of halogens is 1. The van der Waals surface area contributed by atoms with E-state index in [0.717, 1.165) is 15.1 Å². The van der Waals surface area contributed by atoms with Gasteiger partial charge >= 0.3 is 0 Å². The molecular weight excluding hydrogens is 552 g/mol. The number of benzene rings is 2. The third-order valence-electron chi connectivity index (χ3n) is 5.96. The van der Waals surface area contributed by atoms with Crippen molar-refractivity contribution in [3.8, 4) is 0 Å². The van der Waals surface area contributed by atoms with Crippen LogP contribution in [0.25, 0.3) is 10.2 Å². The molecule has 0 aliphatic carbocycles. The van der Waals surface area contributed by atoms with E-state index in [9.17, 15) is 13.2 Å². The Morgan fingerprint density at radius 3 is 2.35 bits per heavy atom. The van der Waals surface area contributed by atoms with Crippen LogP contribution in [0.5, 0.6) is 0 Å². The molecule has 0 saturated carbocycles. The lowest BCUT2D eigenvalue weighted by Gasteiger charge is -2.34. The minimum Gasteiger partial charge on any atom is -0.373 e. The van der Waals surface area contributed by atoms with E-state index in [-0.39, 0.29) is 35.4 Å². The van der Waals surface area contributed by atoms with E-state index in [1.54, 1.807) is 28.8 Å². The predicted molar refractivity (Wildman–Crippen MR) is 154 cm³/mol. The molecule has 3 aromatic rings. The van der Waals surface area contributed by atoms with Crippen molar-refractivity contribution in [1.29, 1.82) is 0 Å². The van der Waals surface area contributed by atoms with Crippen molar-refractivity contribution in [1.82, 2.24) is 14.2 Å². The summed E-state index contributed by atoms with van der Waals surface area (Å²) in [6, 6.07) is 12.2. The van der Waals surface area contributed by atoms with Crippen molar-refractivity contribution in [2.45, 2.75) is 35.8 Å². The molecule has 0 N–H and O–H groups in total. The number of carbonyl (C=O) groups is 1. The number of hydrogen-bond acceptors (Lipinski definition) is 8. The van der Waals surface area contributed by atoms with Gasteiger partial charge in [0.2, 0.25) is 10.0 Å². The first-order valence-corrected chi connectivity index (χ1v) is 15.2. The fourth-order valence-corrected chi connectivity index (χ4v) is 7.41. The van der Waals surface area contributed by atoms with E-state index in [1.165, 1.54) is 27.8 Å². The van der Waals surface area contributed by atoms with Gasteiger partial charge in [-0.15, -0.1) is 24.2 Å². The van der Waals surface area contributed by atoms with Gasteiger partial charge in [-0.2, -0.15) is 4.31 Å². The average Bonchev–Trinajstić information content (AvgIpc) is 3.27. The molecule has 0 spiro atoms. The summed E-state index contributed by atoms with van der Waals surface area (Å²) in [5, 5.41) is 0.631. The number of rotatable bonds is 8. The van der Waals surface area contributed by atoms with Crippen LogP contribution < -0.4 is 4.90 Å². The molecule has 1 fully saturated rings. The van der Waals surface area contributed by atoms with Gasteiger partial charge in [-0.1, -0.05) is 17.4 Å². The van der Waals surface area contributed by atoms with Crippen LogP contribution in [0.4, 0.5) is 5.13 Å². The number of fused-ring (bicyclic) bond motifs is 1. The number of likely N-dealkylation sites (N-methyl/N-ethyl adjacent to an activating group) is 1. The standard InChI is InChI=1S/C25H32N4O4S3.ClH/c1-17-15-28(16-18(2)33-17)36(31,32)20-11-9-19(10-12-20)24(30)29(14-13-27(3)4)25-26-23-21(34-5)7-6-8-22(23)35-25;/h6-12,17-18H,13-16H2,1-5H3;1H. The van der Waals surface area contributed by atoms with Gasteiger partial charge in [0.1, 0.15) is 0 Å². The summed E-state index contributed by atoms with van der Waals surface area (Å²) in [7, 11) is 0.236. The first-order chi connectivity index (χ1) is 17.1. The minimum absolute atomic E-state index is 0. The number of thiazole rings is 1. The molecule has 1 aromatic heterocycles. The number of amides is 1. The number of carbonyl (C=O) groups excluding carboxylic acids is 1. The molecule has 1 aliphatic heterocycles. The highest BCUT2D eigenvalue weighted by Gasteiger charge is 2.32. The van der Waals surface area contributed by atoms with Gasteiger partial charge in [0.25, 0.3) is 5.91 Å². The van der Waals surface area contributed by atoms with Crippen molar-refractivity contribution in [2.75, 3.05) is 51.4 Å². The maximum Gasteiger partial charge on any atom is 0.260 e. The second kappa shape index (κ2) is 12.4. The van der Waals surface area contributed by atoms with Crippen molar-refractivity contribution in [3.05, 3.63) is 48.0 Å². The van der Waals surface area contributed by atoms with Crippen molar-refractivity contribution < 1.29 is 17.9 Å². The summed E-state index contributed by atoms with van der Waals surface area (Å²) < 4.78 is 34.6. The van der Waals surface area contributed by atoms with Crippen molar-refractivity contribution in [3.63, 3.8) is 0 Å². The van der Waals surface area contributed by atoms with E-state index >= 15 is 0 Å². The van der Waals surface area contributed by atoms with Crippen LogP contribution in [0, 0.1) is 0 Å². The van der Waals surface area contributed by atoms with Crippen LogP contribution in [0.15, 0.2) is 52.3 Å². The highest BCUT2D eigenvalue weighted by Crippen LogP contribution is 2.34. The van der Waals surface area contributed by atoms with Gasteiger partial charge in [-0.25, -0.2) is 13.4 Å².